The van der Waals surface area contributed by atoms with E-state index in [1.165, 1.54) is 6.07 Å². The topological polar surface area (TPSA) is 79.8 Å². The van der Waals surface area contributed by atoms with Gasteiger partial charge in [0, 0.05) is 41.0 Å². The first-order valence-electron chi connectivity index (χ1n) is 9.23. The largest absolute Gasteiger partial charge is 0.338 e. The molecule has 2 aromatic carbocycles. The number of benzene rings is 2. The molecule has 0 aliphatic rings. The Bertz CT molecular complexity index is 1250. The van der Waals surface area contributed by atoms with E-state index in [-0.39, 0.29) is 11.5 Å². The predicted molar refractivity (Wildman–Crippen MR) is 116 cm³/mol. The van der Waals surface area contributed by atoms with Gasteiger partial charge in [-0.15, -0.1) is 0 Å². The van der Waals surface area contributed by atoms with Crippen LogP contribution in [0.1, 0.15) is 23.1 Å². The number of nitrogens with zero attached hydrogens (tertiary/aromatic N) is 2. The third kappa shape index (κ3) is 3.54. The minimum Gasteiger partial charge on any atom is -0.338 e. The third-order valence-corrected chi connectivity index (χ3v) is 5.19. The van der Waals surface area contributed by atoms with Crippen molar-refractivity contribution < 1.29 is 4.79 Å². The van der Waals surface area contributed by atoms with E-state index in [4.69, 9.17) is 11.6 Å². The normalized spacial score (nSPS) is 11.0. The van der Waals surface area contributed by atoms with Crippen molar-refractivity contribution in [3.8, 4) is 11.4 Å². The third-order valence-electron chi connectivity index (χ3n) is 4.81. The number of aromatic nitrogens is 3. The number of carbonyl (C=O) groups excluding carboxylic acids is 1. The van der Waals surface area contributed by atoms with Crippen LogP contribution < -0.4 is 10.9 Å². The summed E-state index contributed by atoms with van der Waals surface area (Å²) in [5.74, 6) is 0.155. The highest BCUT2D eigenvalue weighted by Crippen LogP contribution is 2.30. The van der Waals surface area contributed by atoms with Crippen molar-refractivity contribution in [1.82, 2.24) is 14.5 Å². The maximum Gasteiger partial charge on any atom is 0.273 e. The summed E-state index contributed by atoms with van der Waals surface area (Å²) in [5.41, 5.74) is 3.06. The number of hydrogen-bond acceptors (Lipinski definition) is 3. The van der Waals surface area contributed by atoms with E-state index in [1.807, 2.05) is 44.3 Å². The Morgan fingerprint density at radius 3 is 2.72 bits per heavy atom. The number of rotatable bonds is 4. The fourth-order valence-electron chi connectivity index (χ4n) is 3.36. The molecule has 0 aliphatic carbocycles. The molecular weight excluding hydrogens is 388 g/mol. The molecule has 0 fully saturated rings. The first-order valence-corrected chi connectivity index (χ1v) is 9.60. The molecule has 0 radical (unpaired) electrons. The van der Waals surface area contributed by atoms with E-state index < -0.39 is 0 Å². The van der Waals surface area contributed by atoms with Crippen LogP contribution in [0.2, 0.25) is 5.02 Å². The smallest absolute Gasteiger partial charge is 0.273 e. The fraction of sp³-hybridized carbons (Fsp3) is 0.136. The van der Waals surface area contributed by atoms with Crippen LogP contribution in [-0.4, -0.2) is 20.4 Å². The minimum absolute atomic E-state index is 0.205. The number of aryl methyl sites for hydroxylation is 2. The van der Waals surface area contributed by atoms with E-state index in [9.17, 15) is 9.59 Å². The lowest BCUT2D eigenvalue weighted by Crippen LogP contribution is -2.16. The number of nitrogens with one attached hydrogen (secondary N) is 2. The minimum atomic E-state index is -0.311. The maximum absolute atomic E-state index is 12.9. The zero-order chi connectivity index (χ0) is 20.5. The molecule has 0 spiro atoms. The number of halogens is 1. The molecule has 0 bridgehead atoms. The lowest BCUT2D eigenvalue weighted by molar-refractivity contribution is 0.102. The number of anilines is 1. The number of H-pyrrole nitrogens is 1. The molecule has 7 heteroatoms. The van der Waals surface area contributed by atoms with Gasteiger partial charge in [-0.3, -0.25) is 9.59 Å². The van der Waals surface area contributed by atoms with Gasteiger partial charge in [0.15, 0.2) is 0 Å². The average Bonchev–Trinajstić information content (AvgIpc) is 2.98. The second kappa shape index (κ2) is 7.56. The summed E-state index contributed by atoms with van der Waals surface area (Å²) in [5, 5.41) is 4.13. The van der Waals surface area contributed by atoms with Crippen LogP contribution in [0, 0.1) is 0 Å². The Morgan fingerprint density at radius 1 is 1.17 bits per heavy atom. The van der Waals surface area contributed by atoms with Crippen molar-refractivity contribution in [1.29, 1.82) is 0 Å². The Morgan fingerprint density at radius 2 is 1.97 bits per heavy atom. The van der Waals surface area contributed by atoms with Crippen LogP contribution in [0.25, 0.3) is 22.3 Å². The van der Waals surface area contributed by atoms with Crippen molar-refractivity contribution in [3.05, 3.63) is 81.4 Å². The predicted octanol–water partition coefficient (Wildman–Crippen LogP) is 4.40. The standard InChI is InChI=1S/C22H19ClN4O2/c1-3-14-12-18(28)26-21(24-14)13-7-6-8-15(11-13)25-22(29)20-19(23)16-9-4-5-10-17(16)27(20)2/h4-12H,3H2,1-2H3,(H,25,29)(H,24,26,28). The van der Waals surface area contributed by atoms with E-state index in [0.717, 1.165) is 10.9 Å². The molecule has 0 unspecified atom stereocenters. The molecule has 29 heavy (non-hydrogen) atoms. The number of amides is 1. The van der Waals surface area contributed by atoms with Crippen molar-refractivity contribution in [2.24, 2.45) is 7.05 Å². The highest BCUT2D eigenvalue weighted by molar-refractivity contribution is 6.39. The molecule has 2 aromatic heterocycles. The monoisotopic (exact) mass is 406 g/mol. The molecule has 2 N–H and O–H groups in total. The van der Waals surface area contributed by atoms with Gasteiger partial charge in [0.2, 0.25) is 0 Å². The average molecular weight is 407 g/mol. The van der Waals surface area contributed by atoms with E-state index >= 15 is 0 Å². The SMILES string of the molecule is CCc1cc(=O)[nH]c(-c2cccc(NC(=O)c3c(Cl)c4ccccc4n3C)c2)n1. The van der Waals surface area contributed by atoms with Gasteiger partial charge in [-0.1, -0.05) is 48.9 Å². The molecule has 146 valence electrons. The van der Waals surface area contributed by atoms with Crippen LogP contribution in [0.3, 0.4) is 0 Å². The molecule has 0 aliphatic heterocycles. The van der Waals surface area contributed by atoms with Crippen LogP contribution in [0.4, 0.5) is 5.69 Å². The van der Waals surface area contributed by atoms with E-state index in [1.54, 1.807) is 22.8 Å². The summed E-state index contributed by atoms with van der Waals surface area (Å²) in [4.78, 5) is 32.0. The van der Waals surface area contributed by atoms with Crippen molar-refractivity contribution >= 4 is 34.1 Å². The quantitative estimate of drug-likeness (QED) is 0.527. The second-order valence-corrected chi connectivity index (χ2v) is 7.09. The van der Waals surface area contributed by atoms with Crippen LogP contribution >= 0.6 is 11.6 Å². The fourth-order valence-corrected chi connectivity index (χ4v) is 3.73. The highest BCUT2D eigenvalue weighted by atomic mass is 35.5. The van der Waals surface area contributed by atoms with Crippen molar-refractivity contribution in [3.63, 3.8) is 0 Å². The van der Waals surface area contributed by atoms with Gasteiger partial charge in [-0.25, -0.2) is 4.98 Å². The number of hydrogen-bond donors (Lipinski definition) is 2. The number of para-hydroxylation sites is 1. The Hall–Kier alpha value is -3.38. The Kier molecular flexibility index (Phi) is 4.94. The first-order chi connectivity index (χ1) is 14.0. The van der Waals surface area contributed by atoms with Crippen LogP contribution in [0.5, 0.6) is 0 Å². The van der Waals surface area contributed by atoms with Crippen LogP contribution in [-0.2, 0) is 13.5 Å². The molecule has 1 amide bonds. The molecule has 2 heterocycles. The summed E-state index contributed by atoms with van der Waals surface area (Å²) in [7, 11) is 1.81. The molecule has 4 rings (SSSR count). The summed E-state index contributed by atoms with van der Waals surface area (Å²) < 4.78 is 1.78. The molecule has 4 aromatic rings. The van der Waals surface area contributed by atoms with Crippen molar-refractivity contribution in [2.45, 2.75) is 13.3 Å². The van der Waals surface area contributed by atoms with Crippen molar-refractivity contribution in [2.75, 3.05) is 5.32 Å². The summed E-state index contributed by atoms with van der Waals surface area (Å²) >= 11 is 6.47. The highest BCUT2D eigenvalue weighted by Gasteiger charge is 2.20. The zero-order valence-corrected chi connectivity index (χ0v) is 16.7. The molecular formula is C22H19ClN4O2. The van der Waals surface area contributed by atoms with Gasteiger partial charge in [0.05, 0.1) is 5.02 Å². The number of aromatic amines is 1. The number of carbonyl (C=O) groups is 1. The molecule has 0 saturated heterocycles. The Labute approximate surface area is 172 Å². The van der Waals surface area contributed by atoms with E-state index in [2.05, 4.69) is 15.3 Å². The Balaban J connectivity index is 1.68. The van der Waals surface area contributed by atoms with Gasteiger partial charge in [0.25, 0.3) is 11.5 Å². The maximum atomic E-state index is 12.9. The van der Waals surface area contributed by atoms with Gasteiger partial charge < -0.3 is 14.9 Å². The lowest BCUT2D eigenvalue weighted by atomic mass is 10.1. The molecule has 0 atom stereocenters. The van der Waals surface area contributed by atoms with E-state index in [0.29, 0.717) is 39.9 Å². The van der Waals surface area contributed by atoms with Gasteiger partial charge >= 0.3 is 0 Å². The lowest BCUT2D eigenvalue weighted by Gasteiger charge is -2.09. The van der Waals surface area contributed by atoms with Crippen LogP contribution in [0.15, 0.2) is 59.4 Å². The summed E-state index contributed by atoms with van der Waals surface area (Å²) in [6.07, 6.45) is 0.660. The zero-order valence-electron chi connectivity index (χ0n) is 16.0. The molecule has 0 saturated carbocycles. The van der Waals surface area contributed by atoms with Gasteiger partial charge in [-0.05, 0) is 24.6 Å². The summed E-state index contributed by atoms with van der Waals surface area (Å²) in [6, 6.07) is 16.3. The molecule has 6 nitrogen and oxygen atoms in total. The van der Waals surface area contributed by atoms with Gasteiger partial charge in [-0.2, -0.15) is 0 Å². The summed E-state index contributed by atoms with van der Waals surface area (Å²) in [6.45, 7) is 1.94. The second-order valence-electron chi connectivity index (χ2n) is 6.71. The number of fused-ring (bicyclic) bond motifs is 1. The van der Waals surface area contributed by atoms with Gasteiger partial charge in [0.1, 0.15) is 11.5 Å². The first kappa shape index (κ1) is 19.0.